The molecular weight excluding hydrogens is 199 g/mol. The third kappa shape index (κ3) is 19.5. The predicted molar refractivity (Wildman–Crippen MR) is 73.7 cm³/mol. The zero-order valence-electron chi connectivity index (χ0n) is 12.2. The summed E-state index contributed by atoms with van der Waals surface area (Å²) in [5.41, 5.74) is 0.544. The average molecular weight is 232 g/mol. The second-order valence-corrected chi connectivity index (χ2v) is 5.79. The number of hydrogen-bond donors (Lipinski definition) is 0. The average Bonchev–Trinajstić information content (AvgIpc) is 2.23. The number of hydrogen-bond acceptors (Lipinski definition) is 0. The van der Waals surface area contributed by atoms with Crippen LogP contribution in [0.3, 0.4) is 0 Å². The zero-order valence-corrected chi connectivity index (χ0v) is 12.2. The van der Waals surface area contributed by atoms with Crippen molar-refractivity contribution in [2.75, 3.05) is 7.18 Å². The summed E-state index contributed by atoms with van der Waals surface area (Å²) in [4.78, 5) is 0. The molecule has 0 aliphatic rings. The molecule has 0 saturated carbocycles. The summed E-state index contributed by atoms with van der Waals surface area (Å²) in [6.07, 6.45) is 12.9. The first-order valence-corrected chi connectivity index (χ1v) is 6.94. The van der Waals surface area contributed by atoms with Crippen molar-refractivity contribution < 1.29 is 4.39 Å². The van der Waals surface area contributed by atoms with Crippen molar-refractivity contribution in [1.29, 1.82) is 0 Å². The second kappa shape index (κ2) is 13.0. The first-order chi connectivity index (χ1) is 7.56. The predicted octanol–water partition coefficient (Wildman–Crippen LogP) is 6.15. The molecule has 0 N–H and O–H groups in total. The molecule has 0 unspecified atom stereocenters. The van der Waals surface area contributed by atoms with Crippen LogP contribution in [0.2, 0.25) is 0 Å². The number of alkyl halides is 1. The van der Waals surface area contributed by atoms with Gasteiger partial charge in [-0.15, -0.1) is 0 Å². The van der Waals surface area contributed by atoms with Crippen LogP contribution in [0.1, 0.15) is 85.5 Å². The van der Waals surface area contributed by atoms with Crippen molar-refractivity contribution in [3.05, 3.63) is 0 Å². The molecule has 0 aromatic heterocycles. The fourth-order valence-electron chi connectivity index (χ4n) is 1.79. The quantitative estimate of drug-likeness (QED) is 0.440. The third-order valence-electron chi connectivity index (χ3n) is 2.78. The summed E-state index contributed by atoms with van der Waals surface area (Å²) in [7, 11) is 0.500. The van der Waals surface area contributed by atoms with Crippen molar-refractivity contribution in [2.24, 2.45) is 5.41 Å². The Labute approximate surface area is 103 Å². The lowest BCUT2D eigenvalue weighted by atomic mass is 9.89. The zero-order chi connectivity index (χ0) is 12.9. The molecule has 0 nitrogen and oxygen atoms in total. The maximum Gasteiger partial charge on any atom is 0.0785 e. The largest absolute Gasteiger partial charge is 0.255 e. The highest BCUT2D eigenvalue weighted by Crippen LogP contribution is 2.22. The van der Waals surface area contributed by atoms with Gasteiger partial charge in [0.2, 0.25) is 0 Å². The molecule has 0 aliphatic heterocycles. The molecule has 1 heteroatoms. The Bertz CT molecular complexity index is 113. The molecule has 0 fully saturated rings. The Morgan fingerprint density at radius 1 is 0.688 bits per heavy atom. The fourth-order valence-corrected chi connectivity index (χ4v) is 1.79. The lowest BCUT2D eigenvalue weighted by molar-refractivity contribution is 0.356. The van der Waals surface area contributed by atoms with Crippen molar-refractivity contribution in [1.82, 2.24) is 0 Å². The van der Waals surface area contributed by atoms with Crippen LogP contribution in [0.25, 0.3) is 0 Å². The molecule has 0 aromatic rings. The van der Waals surface area contributed by atoms with E-state index >= 15 is 0 Å². The molecule has 0 amide bonds. The van der Waals surface area contributed by atoms with Gasteiger partial charge >= 0.3 is 0 Å². The molecule has 0 aromatic carbocycles. The standard InChI is InChI=1S/C14H30.CH3F/c1-5-6-7-8-9-10-11-12-13-14(2,3)4;1-2/h5-13H2,1-4H3;1H3. The maximum absolute atomic E-state index is 9.50. The van der Waals surface area contributed by atoms with Gasteiger partial charge in [0.1, 0.15) is 0 Å². The number of rotatable bonds is 8. The fraction of sp³-hybridized carbons (Fsp3) is 1.00. The molecule has 0 saturated heterocycles. The highest BCUT2D eigenvalue weighted by atomic mass is 19.1. The summed E-state index contributed by atoms with van der Waals surface area (Å²) < 4.78 is 9.50. The molecule has 0 bridgehead atoms. The summed E-state index contributed by atoms with van der Waals surface area (Å²) in [5, 5.41) is 0. The van der Waals surface area contributed by atoms with Crippen LogP contribution in [0.5, 0.6) is 0 Å². The van der Waals surface area contributed by atoms with Gasteiger partial charge in [0.15, 0.2) is 0 Å². The Morgan fingerprint density at radius 3 is 1.44 bits per heavy atom. The van der Waals surface area contributed by atoms with Crippen molar-refractivity contribution in [3.8, 4) is 0 Å². The molecule has 0 heterocycles. The van der Waals surface area contributed by atoms with E-state index in [-0.39, 0.29) is 0 Å². The molecule has 100 valence electrons. The van der Waals surface area contributed by atoms with Gasteiger partial charge in [0.25, 0.3) is 0 Å². The van der Waals surface area contributed by atoms with Gasteiger partial charge < -0.3 is 0 Å². The van der Waals surface area contributed by atoms with Crippen molar-refractivity contribution in [3.63, 3.8) is 0 Å². The third-order valence-corrected chi connectivity index (χ3v) is 2.78. The minimum absolute atomic E-state index is 0.500. The van der Waals surface area contributed by atoms with Crippen LogP contribution in [-0.4, -0.2) is 7.18 Å². The summed E-state index contributed by atoms with van der Waals surface area (Å²) in [6, 6.07) is 0. The second-order valence-electron chi connectivity index (χ2n) is 5.79. The van der Waals surface area contributed by atoms with Gasteiger partial charge in [-0.2, -0.15) is 0 Å². The van der Waals surface area contributed by atoms with E-state index in [1.165, 1.54) is 57.8 Å². The van der Waals surface area contributed by atoms with E-state index in [9.17, 15) is 4.39 Å². The van der Waals surface area contributed by atoms with Gasteiger partial charge in [-0.05, 0) is 11.8 Å². The van der Waals surface area contributed by atoms with E-state index in [0.717, 1.165) is 0 Å². The lowest BCUT2D eigenvalue weighted by Crippen LogP contribution is -2.03. The Morgan fingerprint density at radius 2 is 1.06 bits per heavy atom. The molecule has 0 rings (SSSR count). The van der Waals surface area contributed by atoms with Gasteiger partial charge in [0, 0.05) is 0 Å². The minimum atomic E-state index is 0.500. The van der Waals surface area contributed by atoms with E-state index in [1.807, 2.05) is 0 Å². The van der Waals surface area contributed by atoms with E-state index < -0.39 is 0 Å². The van der Waals surface area contributed by atoms with E-state index in [2.05, 4.69) is 27.7 Å². The molecule has 0 aliphatic carbocycles. The normalized spacial score (nSPS) is 10.9. The maximum atomic E-state index is 9.50. The smallest absolute Gasteiger partial charge is 0.0785 e. The molecular formula is C15H33F. The number of unbranched alkanes of at least 4 members (excludes halogenated alkanes) is 7. The van der Waals surface area contributed by atoms with E-state index in [1.54, 1.807) is 0 Å². The summed E-state index contributed by atoms with van der Waals surface area (Å²) >= 11 is 0. The first kappa shape index (κ1) is 18.3. The SMILES string of the molecule is CCCCCCCCCCC(C)(C)C.CF. The Balaban J connectivity index is 0. The van der Waals surface area contributed by atoms with Gasteiger partial charge in [-0.3, -0.25) is 4.39 Å². The van der Waals surface area contributed by atoms with Crippen LogP contribution in [0.4, 0.5) is 4.39 Å². The monoisotopic (exact) mass is 232 g/mol. The van der Waals surface area contributed by atoms with Crippen LogP contribution in [-0.2, 0) is 0 Å². The van der Waals surface area contributed by atoms with Crippen molar-refractivity contribution in [2.45, 2.75) is 85.5 Å². The summed E-state index contributed by atoms with van der Waals surface area (Å²) in [6.45, 7) is 9.31. The van der Waals surface area contributed by atoms with Crippen LogP contribution in [0.15, 0.2) is 0 Å². The minimum Gasteiger partial charge on any atom is -0.255 e. The lowest BCUT2D eigenvalue weighted by Gasteiger charge is -2.17. The van der Waals surface area contributed by atoms with Crippen LogP contribution >= 0.6 is 0 Å². The van der Waals surface area contributed by atoms with Gasteiger partial charge in [0.05, 0.1) is 7.18 Å². The van der Waals surface area contributed by atoms with Crippen LogP contribution in [0, 0.1) is 5.41 Å². The van der Waals surface area contributed by atoms with Crippen LogP contribution < -0.4 is 0 Å². The molecule has 16 heavy (non-hydrogen) atoms. The molecule has 0 spiro atoms. The highest BCUT2D eigenvalue weighted by Gasteiger charge is 2.08. The van der Waals surface area contributed by atoms with E-state index in [4.69, 9.17) is 0 Å². The topological polar surface area (TPSA) is 0 Å². The van der Waals surface area contributed by atoms with Crippen molar-refractivity contribution >= 4 is 0 Å². The summed E-state index contributed by atoms with van der Waals surface area (Å²) in [5.74, 6) is 0. The van der Waals surface area contributed by atoms with Gasteiger partial charge in [-0.1, -0.05) is 79.1 Å². The first-order valence-electron chi connectivity index (χ1n) is 6.94. The van der Waals surface area contributed by atoms with E-state index in [0.29, 0.717) is 12.6 Å². The molecule has 0 radical (unpaired) electrons. The Hall–Kier alpha value is -0.0700. The highest BCUT2D eigenvalue weighted by molar-refractivity contribution is 4.60. The Kier molecular flexibility index (Phi) is 14.9. The molecule has 0 atom stereocenters. The van der Waals surface area contributed by atoms with Gasteiger partial charge in [-0.25, -0.2) is 0 Å². The number of halogens is 1.